The van der Waals surface area contributed by atoms with Gasteiger partial charge >= 0.3 is 11.4 Å². The molecule has 1 aliphatic heterocycles. The number of nitrogens with one attached hydrogen (secondary N) is 3. The zero-order valence-corrected chi connectivity index (χ0v) is 18.7. The van der Waals surface area contributed by atoms with Gasteiger partial charge in [-0.3, -0.25) is 39.5 Å². The first-order valence-corrected chi connectivity index (χ1v) is 10.5. The Morgan fingerprint density at radius 3 is 2.11 bits per heavy atom. The Bertz CT molecular complexity index is 1390. The summed E-state index contributed by atoms with van der Waals surface area (Å²) in [7, 11) is 0. The predicted octanol–water partition coefficient (Wildman–Crippen LogP) is 3.80. The molecule has 13 nitrogen and oxygen atoms in total. The average molecular weight is 490 g/mol. The number of hydrogen-bond acceptors (Lipinski definition) is 8. The van der Waals surface area contributed by atoms with Gasteiger partial charge in [0.1, 0.15) is 6.54 Å². The highest BCUT2D eigenvalue weighted by Crippen LogP contribution is 2.39. The molecular weight excluding hydrogens is 472 g/mol. The molecule has 3 N–H and O–H groups in total. The third kappa shape index (κ3) is 4.79. The smallest absolute Gasteiger partial charge is 0.300 e. The number of para-hydroxylation sites is 2. The number of amides is 3. The summed E-state index contributed by atoms with van der Waals surface area (Å²) in [5.41, 5.74) is -0.697. The van der Waals surface area contributed by atoms with Crippen LogP contribution < -0.4 is 20.9 Å². The molecule has 0 unspecified atom stereocenters. The van der Waals surface area contributed by atoms with E-state index in [2.05, 4.69) is 16.0 Å². The van der Waals surface area contributed by atoms with E-state index in [0.29, 0.717) is 17.1 Å². The van der Waals surface area contributed by atoms with Gasteiger partial charge in [-0.1, -0.05) is 12.1 Å². The second kappa shape index (κ2) is 9.50. The molecule has 182 valence electrons. The van der Waals surface area contributed by atoms with Gasteiger partial charge in [0.05, 0.1) is 26.8 Å². The van der Waals surface area contributed by atoms with Gasteiger partial charge < -0.3 is 16.0 Å². The first-order chi connectivity index (χ1) is 17.1. The van der Waals surface area contributed by atoms with E-state index in [1.807, 2.05) is 0 Å². The SMILES string of the molecule is CC(=O)Nc1ccc(Nc2c([N+](=O)[O-])cc(C(=O)N3CC(=O)Nc4ccccc43)cc2[N+](=O)[O-])cc1. The minimum atomic E-state index is -0.839. The maximum absolute atomic E-state index is 13.3. The topological polar surface area (TPSA) is 177 Å². The van der Waals surface area contributed by atoms with E-state index in [1.54, 1.807) is 24.3 Å². The summed E-state index contributed by atoms with van der Waals surface area (Å²) >= 11 is 0. The first-order valence-electron chi connectivity index (χ1n) is 10.5. The van der Waals surface area contributed by atoms with Crippen molar-refractivity contribution in [3.05, 3.63) is 86.5 Å². The number of nitro benzene ring substituents is 2. The van der Waals surface area contributed by atoms with Gasteiger partial charge in [-0.15, -0.1) is 0 Å². The van der Waals surface area contributed by atoms with Crippen molar-refractivity contribution in [2.24, 2.45) is 0 Å². The summed E-state index contributed by atoms with van der Waals surface area (Å²) in [5.74, 6) is -1.59. The van der Waals surface area contributed by atoms with E-state index in [4.69, 9.17) is 0 Å². The third-order valence-electron chi connectivity index (χ3n) is 5.23. The van der Waals surface area contributed by atoms with Crippen molar-refractivity contribution in [1.82, 2.24) is 0 Å². The molecule has 0 spiro atoms. The maximum atomic E-state index is 13.3. The van der Waals surface area contributed by atoms with Crippen molar-refractivity contribution in [3.63, 3.8) is 0 Å². The van der Waals surface area contributed by atoms with Gasteiger partial charge in [0.25, 0.3) is 5.91 Å². The Hall–Kier alpha value is -5.33. The average Bonchev–Trinajstić information content (AvgIpc) is 2.83. The van der Waals surface area contributed by atoms with Gasteiger partial charge in [0.15, 0.2) is 5.69 Å². The molecule has 1 heterocycles. The Kier molecular flexibility index (Phi) is 6.28. The fourth-order valence-corrected chi connectivity index (χ4v) is 3.71. The van der Waals surface area contributed by atoms with Crippen molar-refractivity contribution < 1.29 is 24.2 Å². The monoisotopic (exact) mass is 490 g/mol. The number of carbonyl (C=O) groups is 3. The van der Waals surface area contributed by atoms with Crippen molar-refractivity contribution in [2.75, 3.05) is 27.4 Å². The lowest BCUT2D eigenvalue weighted by molar-refractivity contribution is -0.392. The number of fused-ring (bicyclic) bond motifs is 1. The predicted molar refractivity (Wildman–Crippen MR) is 131 cm³/mol. The molecule has 0 atom stereocenters. The molecule has 3 aromatic carbocycles. The van der Waals surface area contributed by atoms with Crippen LogP contribution in [0.3, 0.4) is 0 Å². The fourth-order valence-electron chi connectivity index (χ4n) is 3.71. The van der Waals surface area contributed by atoms with Crippen LogP contribution in [0, 0.1) is 20.2 Å². The van der Waals surface area contributed by atoms with Gasteiger partial charge in [-0.2, -0.15) is 0 Å². The Balaban J connectivity index is 1.75. The summed E-state index contributed by atoms with van der Waals surface area (Å²) < 4.78 is 0. The lowest BCUT2D eigenvalue weighted by Gasteiger charge is -2.29. The number of anilines is 5. The molecule has 0 radical (unpaired) electrons. The zero-order chi connectivity index (χ0) is 26.0. The van der Waals surface area contributed by atoms with E-state index in [-0.39, 0.29) is 23.7 Å². The molecule has 3 amide bonds. The first kappa shape index (κ1) is 23.8. The molecule has 0 aliphatic carbocycles. The van der Waals surface area contributed by atoms with Crippen LogP contribution in [-0.2, 0) is 9.59 Å². The van der Waals surface area contributed by atoms with Crippen LogP contribution >= 0.6 is 0 Å². The normalized spacial score (nSPS) is 12.2. The number of benzene rings is 3. The van der Waals surface area contributed by atoms with Crippen LogP contribution in [-0.4, -0.2) is 34.1 Å². The second-order valence-electron chi connectivity index (χ2n) is 7.74. The fraction of sp³-hybridized carbons (Fsp3) is 0.0870. The highest BCUT2D eigenvalue weighted by Gasteiger charge is 2.33. The Morgan fingerprint density at radius 1 is 0.944 bits per heavy atom. The molecule has 0 aromatic heterocycles. The standard InChI is InChI=1S/C23H18N6O7/c1-13(30)24-15-6-8-16(9-7-15)25-22-19(28(33)34)10-14(11-20(22)29(35)36)23(32)27-12-21(31)26-17-4-2-3-5-18(17)27/h2-11,25H,12H2,1H3,(H,24,30)(H,26,31). The van der Waals surface area contributed by atoms with E-state index in [1.165, 1.54) is 31.2 Å². The molecule has 0 saturated heterocycles. The second-order valence-corrected chi connectivity index (χ2v) is 7.74. The maximum Gasteiger partial charge on any atom is 0.300 e. The van der Waals surface area contributed by atoms with E-state index in [9.17, 15) is 34.6 Å². The van der Waals surface area contributed by atoms with Crippen LogP contribution in [0.2, 0.25) is 0 Å². The number of carbonyl (C=O) groups excluding carboxylic acids is 3. The van der Waals surface area contributed by atoms with Gasteiger partial charge in [0.2, 0.25) is 11.8 Å². The molecule has 36 heavy (non-hydrogen) atoms. The highest BCUT2D eigenvalue weighted by molar-refractivity contribution is 6.15. The van der Waals surface area contributed by atoms with Crippen molar-refractivity contribution in [2.45, 2.75) is 6.92 Å². The van der Waals surface area contributed by atoms with Crippen molar-refractivity contribution in [1.29, 1.82) is 0 Å². The van der Waals surface area contributed by atoms with Gasteiger partial charge in [-0.05, 0) is 36.4 Å². The molecule has 13 heteroatoms. The summed E-state index contributed by atoms with van der Waals surface area (Å²) in [5, 5.41) is 31.6. The molecule has 0 bridgehead atoms. The molecule has 1 aliphatic rings. The van der Waals surface area contributed by atoms with Gasteiger partial charge in [-0.25, -0.2) is 0 Å². The molecule has 0 fully saturated rings. The zero-order valence-electron chi connectivity index (χ0n) is 18.7. The van der Waals surface area contributed by atoms with E-state index in [0.717, 1.165) is 17.0 Å². The lowest BCUT2D eigenvalue weighted by atomic mass is 10.1. The van der Waals surface area contributed by atoms with Crippen molar-refractivity contribution >= 4 is 57.5 Å². The van der Waals surface area contributed by atoms with Crippen LogP contribution in [0.5, 0.6) is 0 Å². The largest absolute Gasteiger partial charge is 0.344 e. The Morgan fingerprint density at radius 2 is 1.53 bits per heavy atom. The molecule has 4 rings (SSSR count). The summed E-state index contributed by atoms with van der Waals surface area (Å²) in [4.78, 5) is 59.8. The van der Waals surface area contributed by atoms with E-state index >= 15 is 0 Å². The summed E-state index contributed by atoms with van der Waals surface area (Å²) in [6.07, 6.45) is 0. The highest BCUT2D eigenvalue weighted by atomic mass is 16.6. The van der Waals surface area contributed by atoms with Crippen LogP contribution in [0.4, 0.5) is 39.8 Å². The van der Waals surface area contributed by atoms with Crippen LogP contribution in [0.1, 0.15) is 17.3 Å². The number of hydrogen-bond donors (Lipinski definition) is 3. The Labute approximate surface area is 203 Å². The molecule has 0 saturated carbocycles. The summed E-state index contributed by atoms with van der Waals surface area (Å²) in [6.45, 7) is 0.967. The van der Waals surface area contributed by atoms with Crippen LogP contribution in [0.25, 0.3) is 0 Å². The quantitative estimate of drug-likeness (QED) is 0.345. The van der Waals surface area contributed by atoms with Crippen LogP contribution in [0.15, 0.2) is 60.7 Å². The van der Waals surface area contributed by atoms with Crippen molar-refractivity contribution in [3.8, 4) is 0 Å². The number of nitrogens with zero attached hydrogens (tertiary/aromatic N) is 3. The lowest BCUT2D eigenvalue weighted by Crippen LogP contribution is -2.42. The van der Waals surface area contributed by atoms with Gasteiger partial charge in [0, 0.05) is 30.4 Å². The summed E-state index contributed by atoms with van der Waals surface area (Å²) in [6, 6.07) is 14.3. The van der Waals surface area contributed by atoms with E-state index < -0.39 is 38.7 Å². The third-order valence-corrected chi connectivity index (χ3v) is 5.23. The molecule has 3 aromatic rings. The number of rotatable bonds is 6. The minimum absolute atomic E-state index is 0.274. The number of nitro groups is 2. The molecular formula is C23H18N6O7. The minimum Gasteiger partial charge on any atom is -0.344 e.